The van der Waals surface area contributed by atoms with Gasteiger partial charge in [0, 0.05) is 37.0 Å². The number of hydrogen-bond acceptors (Lipinski definition) is 4. The largest absolute Gasteiger partial charge is 0.354 e. The zero-order valence-corrected chi connectivity index (χ0v) is 16.2. The number of pyridine rings is 1. The molecule has 0 saturated carbocycles. The third kappa shape index (κ3) is 3.34. The molecule has 0 aliphatic carbocycles. The standard InChI is InChI=1S/C21H23N3O2S/c1-15-5-7-16(8-6-15)21-11-9-19(25)24(21)18(14-27-21)20(26)23-13-10-17-4-2-3-12-22-17/h2-8,12,18H,9-11,13-14H2,1H3,(H,23,26). The smallest absolute Gasteiger partial charge is 0.243 e. The summed E-state index contributed by atoms with van der Waals surface area (Å²) in [5, 5.41) is 3.00. The monoisotopic (exact) mass is 381 g/mol. The summed E-state index contributed by atoms with van der Waals surface area (Å²) >= 11 is 1.72. The number of benzene rings is 1. The van der Waals surface area contributed by atoms with E-state index in [2.05, 4.69) is 41.5 Å². The van der Waals surface area contributed by atoms with Gasteiger partial charge in [0.25, 0.3) is 0 Å². The fourth-order valence-corrected chi connectivity index (χ4v) is 5.58. The zero-order chi connectivity index (χ0) is 18.9. The first-order valence-corrected chi connectivity index (χ1v) is 10.3. The summed E-state index contributed by atoms with van der Waals surface area (Å²) in [6, 6.07) is 13.7. The quantitative estimate of drug-likeness (QED) is 0.865. The van der Waals surface area contributed by atoms with E-state index in [1.54, 1.807) is 18.0 Å². The molecule has 140 valence electrons. The van der Waals surface area contributed by atoms with Crippen LogP contribution in [0, 0.1) is 6.92 Å². The Hall–Kier alpha value is -2.34. The second-order valence-electron chi connectivity index (χ2n) is 7.10. The molecule has 2 aliphatic rings. The Balaban J connectivity index is 1.47. The molecule has 1 aromatic heterocycles. The fraction of sp³-hybridized carbons (Fsp3) is 0.381. The third-order valence-electron chi connectivity index (χ3n) is 5.34. The summed E-state index contributed by atoms with van der Waals surface area (Å²) < 4.78 is 0. The van der Waals surface area contributed by atoms with Crippen LogP contribution in [0.5, 0.6) is 0 Å². The van der Waals surface area contributed by atoms with Gasteiger partial charge < -0.3 is 10.2 Å². The van der Waals surface area contributed by atoms with E-state index in [9.17, 15) is 9.59 Å². The highest BCUT2D eigenvalue weighted by Gasteiger charge is 2.56. The van der Waals surface area contributed by atoms with E-state index in [4.69, 9.17) is 0 Å². The first-order chi connectivity index (χ1) is 13.1. The van der Waals surface area contributed by atoms with Crippen molar-refractivity contribution < 1.29 is 9.59 Å². The number of rotatable bonds is 5. The molecule has 0 spiro atoms. The van der Waals surface area contributed by atoms with Gasteiger partial charge >= 0.3 is 0 Å². The van der Waals surface area contributed by atoms with E-state index in [0.717, 1.165) is 17.7 Å². The molecule has 1 aromatic carbocycles. The number of carbonyl (C=O) groups excluding carboxylic acids is 2. The highest BCUT2D eigenvalue weighted by atomic mass is 32.2. The topological polar surface area (TPSA) is 62.3 Å². The average Bonchev–Trinajstić information content (AvgIpc) is 3.22. The Morgan fingerprint density at radius 3 is 2.85 bits per heavy atom. The molecule has 0 radical (unpaired) electrons. The van der Waals surface area contributed by atoms with Crippen LogP contribution in [-0.2, 0) is 20.9 Å². The molecular weight excluding hydrogens is 358 g/mol. The molecule has 2 aromatic rings. The Morgan fingerprint density at radius 2 is 2.11 bits per heavy atom. The van der Waals surface area contributed by atoms with Gasteiger partial charge in [0.05, 0.1) is 0 Å². The molecule has 5 nitrogen and oxygen atoms in total. The minimum atomic E-state index is -0.407. The molecular formula is C21H23N3O2S. The number of fused-ring (bicyclic) bond motifs is 1. The molecule has 2 atom stereocenters. The van der Waals surface area contributed by atoms with Gasteiger partial charge in [-0.1, -0.05) is 35.9 Å². The summed E-state index contributed by atoms with van der Waals surface area (Å²) in [4.78, 5) is 31.2. The molecule has 1 N–H and O–H groups in total. The summed E-state index contributed by atoms with van der Waals surface area (Å²) in [6.07, 6.45) is 3.70. The SMILES string of the molecule is Cc1ccc(C23CCC(=O)N2C(C(=O)NCCc2ccccn2)CS3)cc1. The van der Waals surface area contributed by atoms with Crippen molar-refractivity contribution in [2.24, 2.45) is 0 Å². The Kier molecular flexibility index (Phi) is 4.91. The highest BCUT2D eigenvalue weighted by Crippen LogP contribution is 2.54. The molecule has 3 heterocycles. The maximum absolute atomic E-state index is 12.8. The lowest BCUT2D eigenvalue weighted by Gasteiger charge is -2.34. The molecule has 2 fully saturated rings. The van der Waals surface area contributed by atoms with Crippen molar-refractivity contribution in [1.29, 1.82) is 0 Å². The number of nitrogens with zero attached hydrogens (tertiary/aromatic N) is 2. The second-order valence-corrected chi connectivity index (χ2v) is 8.40. The number of aromatic nitrogens is 1. The van der Waals surface area contributed by atoms with Gasteiger partial charge in [0.15, 0.2) is 0 Å². The van der Waals surface area contributed by atoms with E-state index in [1.165, 1.54) is 5.56 Å². The second kappa shape index (κ2) is 7.35. The van der Waals surface area contributed by atoms with E-state index < -0.39 is 10.9 Å². The van der Waals surface area contributed by atoms with Crippen LogP contribution in [-0.4, -0.2) is 40.0 Å². The molecule has 2 aliphatic heterocycles. The maximum atomic E-state index is 12.8. The van der Waals surface area contributed by atoms with Crippen molar-refractivity contribution in [1.82, 2.24) is 15.2 Å². The third-order valence-corrected chi connectivity index (χ3v) is 6.94. The van der Waals surface area contributed by atoms with Gasteiger partial charge in [-0.05, 0) is 31.0 Å². The van der Waals surface area contributed by atoms with Crippen molar-refractivity contribution in [3.63, 3.8) is 0 Å². The van der Waals surface area contributed by atoms with E-state index >= 15 is 0 Å². The Morgan fingerprint density at radius 1 is 1.30 bits per heavy atom. The fourth-order valence-electron chi connectivity index (χ4n) is 3.93. The summed E-state index contributed by atoms with van der Waals surface area (Å²) in [7, 11) is 0. The van der Waals surface area contributed by atoms with Crippen molar-refractivity contribution in [3.8, 4) is 0 Å². The lowest BCUT2D eigenvalue weighted by atomic mass is 10.0. The predicted molar refractivity (Wildman–Crippen MR) is 106 cm³/mol. The summed E-state index contributed by atoms with van der Waals surface area (Å²) in [5.74, 6) is 0.641. The average molecular weight is 382 g/mol. The lowest BCUT2D eigenvalue weighted by Crippen LogP contribution is -2.50. The Bertz CT molecular complexity index is 840. The molecule has 0 bridgehead atoms. The van der Waals surface area contributed by atoms with Crippen LogP contribution >= 0.6 is 11.8 Å². The lowest BCUT2D eigenvalue weighted by molar-refractivity contribution is -0.138. The number of nitrogens with one attached hydrogen (secondary N) is 1. The van der Waals surface area contributed by atoms with Crippen LogP contribution in [0.25, 0.3) is 0 Å². The van der Waals surface area contributed by atoms with Gasteiger partial charge in [-0.2, -0.15) is 0 Å². The molecule has 2 saturated heterocycles. The number of aryl methyl sites for hydroxylation is 1. The summed E-state index contributed by atoms with van der Waals surface area (Å²) in [6.45, 7) is 2.58. The molecule has 2 amide bonds. The number of carbonyl (C=O) groups is 2. The van der Waals surface area contributed by atoms with E-state index in [0.29, 0.717) is 25.1 Å². The van der Waals surface area contributed by atoms with Gasteiger partial charge in [0.1, 0.15) is 10.9 Å². The molecule has 4 rings (SSSR count). The zero-order valence-electron chi connectivity index (χ0n) is 15.4. The normalized spacial score (nSPS) is 24.1. The van der Waals surface area contributed by atoms with Crippen LogP contribution in [0.4, 0.5) is 0 Å². The number of hydrogen-bond donors (Lipinski definition) is 1. The maximum Gasteiger partial charge on any atom is 0.243 e. The molecule has 2 unspecified atom stereocenters. The van der Waals surface area contributed by atoms with Gasteiger partial charge in [-0.3, -0.25) is 14.6 Å². The highest BCUT2D eigenvalue weighted by molar-refractivity contribution is 8.00. The predicted octanol–water partition coefficient (Wildman–Crippen LogP) is 2.64. The van der Waals surface area contributed by atoms with Crippen LogP contribution in [0.15, 0.2) is 48.7 Å². The van der Waals surface area contributed by atoms with Crippen LogP contribution in [0.3, 0.4) is 0 Å². The van der Waals surface area contributed by atoms with Gasteiger partial charge in [0.2, 0.25) is 11.8 Å². The minimum absolute atomic E-state index is 0.0670. The van der Waals surface area contributed by atoms with Crippen LogP contribution in [0.2, 0.25) is 0 Å². The minimum Gasteiger partial charge on any atom is -0.354 e. The van der Waals surface area contributed by atoms with Crippen LogP contribution < -0.4 is 5.32 Å². The van der Waals surface area contributed by atoms with Crippen molar-refractivity contribution in [3.05, 3.63) is 65.5 Å². The summed E-state index contributed by atoms with van der Waals surface area (Å²) in [5.41, 5.74) is 3.26. The van der Waals surface area contributed by atoms with E-state index in [1.807, 2.05) is 23.1 Å². The molecule has 27 heavy (non-hydrogen) atoms. The van der Waals surface area contributed by atoms with Crippen molar-refractivity contribution >= 4 is 23.6 Å². The number of amides is 2. The first-order valence-electron chi connectivity index (χ1n) is 9.31. The van der Waals surface area contributed by atoms with E-state index in [-0.39, 0.29) is 11.8 Å². The van der Waals surface area contributed by atoms with Gasteiger partial charge in [-0.25, -0.2) is 0 Å². The molecule has 6 heteroatoms. The van der Waals surface area contributed by atoms with Crippen LogP contribution in [0.1, 0.15) is 29.7 Å². The van der Waals surface area contributed by atoms with Crippen molar-refractivity contribution in [2.75, 3.05) is 12.3 Å². The van der Waals surface area contributed by atoms with Crippen molar-refractivity contribution in [2.45, 2.75) is 37.1 Å². The Labute approximate surface area is 163 Å². The number of thioether (sulfide) groups is 1. The first kappa shape index (κ1) is 18.0. The van der Waals surface area contributed by atoms with Gasteiger partial charge in [-0.15, -0.1) is 11.8 Å².